The van der Waals surface area contributed by atoms with Crippen molar-refractivity contribution in [1.29, 1.82) is 0 Å². The second kappa shape index (κ2) is 4.57. The Balaban J connectivity index is 1.68. The first-order valence-electron chi connectivity index (χ1n) is 6.46. The van der Waals surface area contributed by atoms with E-state index in [9.17, 15) is 4.79 Å². The largest absolute Gasteiger partial charge is 0.322 e. The highest BCUT2D eigenvalue weighted by atomic mass is 16.2. The molecule has 1 aromatic rings. The van der Waals surface area contributed by atoms with Gasteiger partial charge in [0.1, 0.15) is 0 Å². The van der Waals surface area contributed by atoms with Crippen LogP contribution in [-0.2, 0) is 0 Å². The zero-order valence-corrected chi connectivity index (χ0v) is 10.5. The van der Waals surface area contributed by atoms with E-state index in [2.05, 4.69) is 15.6 Å². The minimum Gasteiger partial charge on any atom is -0.319 e. The van der Waals surface area contributed by atoms with Gasteiger partial charge in [0.2, 0.25) is 0 Å². The first-order valence-corrected chi connectivity index (χ1v) is 6.46. The van der Waals surface area contributed by atoms with E-state index < -0.39 is 0 Å². The number of piperidine rings is 2. The highest BCUT2D eigenvalue weighted by Crippen LogP contribution is 2.23. The van der Waals surface area contributed by atoms with Crippen LogP contribution in [0.2, 0.25) is 0 Å². The zero-order valence-electron chi connectivity index (χ0n) is 10.5. The molecule has 0 saturated carbocycles. The number of rotatable bonds is 1. The van der Waals surface area contributed by atoms with Gasteiger partial charge in [0.15, 0.2) is 0 Å². The summed E-state index contributed by atoms with van der Waals surface area (Å²) in [5.74, 6) is 0. The molecule has 3 fully saturated rings. The Morgan fingerprint density at radius 1 is 1.56 bits per heavy atom. The third-order valence-corrected chi connectivity index (χ3v) is 3.76. The average Bonchev–Trinajstić information content (AvgIpc) is 2.40. The zero-order chi connectivity index (χ0) is 12.5. The fourth-order valence-corrected chi connectivity index (χ4v) is 2.78. The summed E-state index contributed by atoms with van der Waals surface area (Å²) in [7, 11) is 0. The van der Waals surface area contributed by atoms with Crippen molar-refractivity contribution in [1.82, 2.24) is 15.2 Å². The maximum absolute atomic E-state index is 12.2. The van der Waals surface area contributed by atoms with Crippen molar-refractivity contribution in [2.24, 2.45) is 0 Å². The lowest BCUT2D eigenvalue weighted by molar-refractivity contribution is 0.106. The molecule has 2 N–H and O–H groups in total. The minimum atomic E-state index is 0.0109. The highest BCUT2D eigenvalue weighted by Gasteiger charge is 2.36. The summed E-state index contributed by atoms with van der Waals surface area (Å²) in [6.45, 7) is 3.66. The van der Waals surface area contributed by atoms with Crippen LogP contribution in [0.15, 0.2) is 18.3 Å². The molecule has 0 spiro atoms. The molecule has 2 bridgehead atoms. The fourth-order valence-electron chi connectivity index (χ4n) is 2.78. The van der Waals surface area contributed by atoms with Gasteiger partial charge in [-0.2, -0.15) is 0 Å². The lowest BCUT2D eigenvalue weighted by Crippen LogP contribution is -2.63. The van der Waals surface area contributed by atoms with E-state index in [1.165, 1.54) is 6.42 Å². The van der Waals surface area contributed by atoms with Crippen LogP contribution in [0.1, 0.15) is 18.5 Å². The molecule has 5 nitrogen and oxygen atoms in total. The van der Waals surface area contributed by atoms with Crippen LogP contribution in [-0.4, -0.2) is 41.1 Å². The van der Waals surface area contributed by atoms with E-state index in [4.69, 9.17) is 0 Å². The van der Waals surface area contributed by atoms with E-state index in [1.807, 2.05) is 24.0 Å². The quantitative estimate of drug-likeness (QED) is 0.786. The van der Waals surface area contributed by atoms with Gasteiger partial charge in [-0.1, -0.05) is 0 Å². The minimum absolute atomic E-state index is 0.0109. The molecule has 3 saturated heterocycles. The van der Waals surface area contributed by atoms with Gasteiger partial charge in [-0.05, 0) is 31.9 Å². The van der Waals surface area contributed by atoms with Crippen molar-refractivity contribution in [2.45, 2.75) is 31.8 Å². The molecule has 2 atom stereocenters. The van der Waals surface area contributed by atoms with Crippen LogP contribution in [0.25, 0.3) is 0 Å². The van der Waals surface area contributed by atoms with Crippen molar-refractivity contribution in [3.05, 3.63) is 24.0 Å². The van der Waals surface area contributed by atoms with Gasteiger partial charge in [-0.25, -0.2) is 4.79 Å². The molecule has 0 radical (unpaired) electrons. The molecule has 18 heavy (non-hydrogen) atoms. The van der Waals surface area contributed by atoms with Gasteiger partial charge in [-0.3, -0.25) is 4.98 Å². The monoisotopic (exact) mass is 246 g/mol. The number of nitrogens with zero attached hydrogens (tertiary/aromatic N) is 2. The number of anilines is 1. The second-order valence-corrected chi connectivity index (χ2v) is 5.10. The highest BCUT2D eigenvalue weighted by molar-refractivity contribution is 5.89. The van der Waals surface area contributed by atoms with Gasteiger partial charge in [0.05, 0.1) is 0 Å². The Bertz CT molecular complexity index is 454. The number of urea groups is 1. The van der Waals surface area contributed by atoms with E-state index in [0.29, 0.717) is 12.1 Å². The van der Waals surface area contributed by atoms with Gasteiger partial charge in [0, 0.05) is 42.8 Å². The Morgan fingerprint density at radius 2 is 2.44 bits per heavy atom. The molecule has 4 heterocycles. The molecule has 3 aliphatic heterocycles. The van der Waals surface area contributed by atoms with Crippen LogP contribution >= 0.6 is 0 Å². The van der Waals surface area contributed by atoms with E-state index in [1.54, 1.807) is 6.20 Å². The molecule has 1 aromatic heterocycles. The van der Waals surface area contributed by atoms with Crippen LogP contribution < -0.4 is 10.6 Å². The number of aryl methyl sites for hydroxylation is 1. The fraction of sp³-hybridized carbons (Fsp3) is 0.538. The maximum Gasteiger partial charge on any atom is 0.322 e. The topological polar surface area (TPSA) is 57.3 Å². The van der Waals surface area contributed by atoms with Crippen LogP contribution in [0.4, 0.5) is 10.5 Å². The van der Waals surface area contributed by atoms with Gasteiger partial charge >= 0.3 is 6.03 Å². The molecular weight excluding hydrogens is 228 g/mol. The molecular formula is C13H18N4O. The third-order valence-electron chi connectivity index (χ3n) is 3.76. The van der Waals surface area contributed by atoms with E-state index in [-0.39, 0.29) is 6.03 Å². The number of aromatic nitrogens is 1. The predicted octanol–water partition coefficient (Wildman–Crippen LogP) is 1.36. The summed E-state index contributed by atoms with van der Waals surface area (Å²) in [5, 5.41) is 6.40. The summed E-state index contributed by atoms with van der Waals surface area (Å²) < 4.78 is 0. The van der Waals surface area contributed by atoms with Crippen LogP contribution in [0.5, 0.6) is 0 Å². The lowest BCUT2D eigenvalue weighted by Gasteiger charge is -2.45. The molecule has 2 unspecified atom stereocenters. The van der Waals surface area contributed by atoms with Crippen molar-refractivity contribution in [3.8, 4) is 0 Å². The normalized spacial score (nSPS) is 26.2. The number of amides is 2. The molecule has 4 rings (SSSR count). The molecule has 2 amide bonds. The molecule has 5 heteroatoms. The maximum atomic E-state index is 12.2. The van der Waals surface area contributed by atoms with Crippen LogP contribution in [0, 0.1) is 6.92 Å². The number of hydrogen-bond acceptors (Lipinski definition) is 3. The van der Waals surface area contributed by atoms with E-state index in [0.717, 1.165) is 30.9 Å². The van der Waals surface area contributed by atoms with Gasteiger partial charge < -0.3 is 15.5 Å². The van der Waals surface area contributed by atoms with Crippen molar-refractivity contribution < 1.29 is 4.79 Å². The average molecular weight is 246 g/mol. The second-order valence-electron chi connectivity index (χ2n) is 5.10. The number of nitrogens with one attached hydrogen (secondary N) is 2. The Kier molecular flexibility index (Phi) is 2.91. The standard InChI is InChI=1S/C13H18N4O/c1-9-6-10(4-5-14-9)16-13(18)17-8-11-2-3-12(17)7-15-11/h4-6,11-12,15H,2-3,7-8H2,1H3,(H,14,16,18). The van der Waals surface area contributed by atoms with Gasteiger partial charge in [0.25, 0.3) is 0 Å². The van der Waals surface area contributed by atoms with E-state index >= 15 is 0 Å². The summed E-state index contributed by atoms with van der Waals surface area (Å²) in [6, 6.07) is 4.54. The number of fused-ring (bicyclic) bond motifs is 3. The Labute approximate surface area is 107 Å². The Morgan fingerprint density at radius 3 is 3.06 bits per heavy atom. The predicted molar refractivity (Wildman–Crippen MR) is 69.5 cm³/mol. The summed E-state index contributed by atoms with van der Waals surface area (Å²) >= 11 is 0. The molecule has 0 aliphatic carbocycles. The van der Waals surface area contributed by atoms with Crippen LogP contribution in [0.3, 0.4) is 0 Å². The lowest BCUT2D eigenvalue weighted by atomic mass is 9.93. The van der Waals surface area contributed by atoms with Crippen molar-refractivity contribution >= 4 is 11.7 Å². The van der Waals surface area contributed by atoms with Crippen molar-refractivity contribution in [2.75, 3.05) is 18.4 Å². The number of piperazine rings is 1. The number of pyridine rings is 1. The number of carbonyl (C=O) groups is 1. The Hall–Kier alpha value is -1.62. The first kappa shape index (κ1) is 11.5. The smallest absolute Gasteiger partial charge is 0.319 e. The summed E-state index contributed by atoms with van der Waals surface area (Å²) in [6.07, 6.45) is 4.01. The molecule has 96 valence electrons. The van der Waals surface area contributed by atoms with Gasteiger partial charge in [-0.15, -0.1) is 0 Å². The number of hydrogen-bond donors (Lipinski definition) is 2. The summed E-state index contributed by atoms with van der Waals surface area (Å²) in [4.78, 5) is 18.3. The first-order chi connectivity index (χ1) is 8.72. The molecule has 3 aliphatic rings. The van der Waals surface area contributed by atoms with Crippen molar-refractivity contribution in [3.63, 3.8) is 0 Å². The number of carbonyl (C=O) groups excluding carboxylic acids is 1. The third kappa shape index (κ3) is 2.18. The summed E-state index contributed by atoms with van der Waals surface area (Å²) in [5.41, 5.74) is 1.73. The SMILES string of the molecule is Cc1cc(NC(=O)N2CC3CCC2CN3)ccn1. The molecule has 0 aromatic carbocycles.